The lowest BCUT2D eigenvalue weighted by Gasteiger charge is -2.38. The van der Waals surface area contributed by atoms with Gasteiger partial charge in [-0.15, -0.1) is 0 Å². The second kappa shape index (κ2) is 15.4. The molecular formula is C34H34F9N3O5S. The minimum Gasteiger partial charge on any atom is -0.349 e. The lowest BCUT2D eigenvalue weighted by molar-refractivity contribution is -0.392. The molecule has 5 rings (SSSR count). The van der Waals surface area contributed by atoms with E-state index in [1.807, 2.05) is 0 Å². The average molecular weight is 768 g/mol. The van der Waals surface area contributed by atoms with Gasteiger partial charge in [-0.3, -0.25) is 9.59 Å². The number of rotatable bonds is 9. The van der Waals surface area contributed by atoms with Crippen molar-refractivity contribution in [2.24, 2.45) is 11.7 Å². The van der Waals surface area contributed by atoms with Crippen molar-refractivity contribution in [3.8, 4) is 0 Å². The number of alkyl halides is 6. The minimum absolute atomic E-state index is 0.152. The predicted octanol–water partition coefficient (Wildman–Crippen LogP) is 5.99. The van der Waals surface area contributed by atoms with Crippen LogP contribution >= 0.6 is 0 Å². The quantitative estimate of drug-likeness (QED) is 0.163. The zero-order chi connectivity index (χ0) is 38.7. The Morgan fingerprint density at radius 3 is 1.90 bits per heavy atom. The van der Waals surface area contributed by atoms with Crippen LogP contribution in [0.15, 0.2) is 71.6 Å². The number of sulfone groups is 1. The van der Waals surface area contributed by atoms with E-state index >= 15 is 0 Å². The minimum atomic E-state index is -6.23. The Morgan fingerprint density at radius 1 is 0.865 bits per heavy atom. The third-order valence-electron chi connectivity index (χ3n) is 9.32. The van der Waals surface area contributed by atoms with Crippen molar-refractivity contribution in [3.63, 3.8) is 0 Å². The number of carbonyl (C=O) groups is 2. The Labute approximate surface area is 293 Å². The van der Waals surface area contributed by atoms with Gasteiger partial charge < -0.3 is 20.3 Å². The van der Waals surface area contributed by atoms with E-state index in [9.17, 15) is 57.5 Å². The smallest absolute Gasteiger partial charge is 0.349 e. The molecule has 0 aromatic heterocycles. The first kappa shape index (κ1) is 40.6. The number of carbonyl (C=O) groups excluding carboxylic acids is 2. The normalized spacial score (nSPS) is 18.9. The lowest BCUT2D eigenvalue weighted by Crippen LogP contribution is -2.56. The van der Waals surface area contributed by atoms with Crippen LogP contribution in [0.2, 0.25) is 0 Å². The number of likely N-dealkylation sites (tertiary alicyclic amines) is 2. The Hall–Kier alpha value is -4.16. The van der Waals surface area contributed by atoms with E-state index in [0.717, 1.165) is 42.5 Å². The molecule has 0 radical (unpaired) electrons. The first-order chi connectivity index (χ1) is 24.4. The summed E-state index contributed by atoms with van der Waals surface area (Å²) < 4.78 is 160. The number of hydrogen-bond acceptors (Lipinski definition) is 6. The van der Waals surface area contributed by atoms with Crippen LogP contribution in [0, 0.1) is 23.4 Å². The summed E-state index contributed by atoms with van der Waals surface area (Å²) in [6, 6.07) is 7.97. The molecule has 2 amide bonds. The van der Waals surface area contributed by atoms with Crippen molar-refractivity contribution in [1.82, 2.24) is 9.80 Å². The summed E-state index contributed by atoms with van der Waals surface area (Å²) >= 11 is 0. The molecule has 2 N–H and O–H groups in total. The fraction of sp³-hybridized carbons (Fsp3) is 0.412. The summed E-state index contributed by atoms with van der Waals surface area (Å²) in [4.78, 5) is 26.9. The van der Waals surface area contributed by atoms with E-state index in [1.54, 1.807) is 0 Å². The zero-order valence-electron chi connectivity index (χ0n) is 27.5. The summed E-state index contributed by atoms with van der Waals surface area (Å²) in [6.07, 6.45) is -11.6. The summed E-state index contributed by atoms with van der Waals surface area (Å²) in [5.74, 6) is -4.68. The number of benzene rings is 3. The topological polar surface area (TPSA) is 110 Å². The number of halogens is 9. The molecule has 0 saturated carbocycles. The first-order valence-corrected chi connectivity index (χ1v) is 17.2. The second-order valence-electron chi connectivity index (χ2n) is 12.1. The van der Waals surface area contributed by atoms with Crippen LogP contribution in [-0.2, 0) is 41.1 Å². The highest BCUT2D eigenvalue weighted by molar-refractivity contribution is 7.92. The largest absolute Gasteiger partial charge is 0.430 e. The van der Waals surface area contributed by atoms with Crippen molar-refractivity contribution in [1.29, 1.82) is 0 Å². The molecule has 2 fully saturated rings. The molecule has 18 heteroatoms. The van der Waals surface area contributed by atoms with Gasteiger partial charge >= 0.3 is 12.4 Å². The Morgan fingerprint density at radius 2 is 1.40 bits per heavy atom. The van der Waals surface area contributed by atoms with E-state index < -0.39 is 91.0 Å². The molecule has 2 aliphatic heterocycles. The van der Waals surface area contributed by atoms with Crippen LogP contribution in [0.25, 0.3) is 0 Å². The van der Waals surface area contributed by atoms with Gasteiger partial charge in [-0.1, -0.05) is 30.3 Å². The fourth-order valence-corrected chi connectivity index (χ4v) is 8.60. The second-order valence-corrected chi connectivity index (χ2v) is 14.4. The third kappa shape index (κ3) is 7.37. The van der Waals surface area contributed by atoms with Crippen molar-refractivity contribution >= 4 is 22.2 Å². The SMILES string of the molecule is CN.O=CN1CCC(C(=O)N2CC[C@](c3ccc(C(OCc4c(F)cccc4F)(C(F)(F)F)C(F)(F)F)cc3)(S(=O)(=O)c3ccc(F)cc3)C2)CC1. The molecule has 8 nitrogen and oxygen atoms in total. The summed E-state index contributed by atoms with van der Waals surface area (Å²) in [7, 11) is -3.12. The van der Waals surface area contributed by atoms with Gasteiger partial charge in [0.1, 0.15) is 22.2 Å². The van der Waals surface area contributed by atoms with Crippen LogP contribution < -0.4 is 5.73 Å². The van der Waals surface area contributed by atoms with E-state index in [-0.39, 0.29) is 44.5 Å². The molecular weight excluding hydrogens is 733 g/mol. The van der Waals surface area contributed by atoms with Gasteiger partial charge in [0.15, 0.2) is 9.84 Å². The highest BCUT2D eigenvalue weighted by Crippen LogP contribution is 2.54. The third-order valence-corrected chi connectivity index (χ3v) is 11.8. The number of piperidine rings is 1. The maximum atomic E-state index is 14.5. The average Bonchev–Trinajstić information content (AvgIpc) is 3.57. The molecule has 2 aliphatic rings. The van der Waals surface area contributed by atoms with Gasteiger partial charge in [0, 0.05) is 43.2 Å². The first-order valence-electron chi connectivity index (χ1n) is 15.8. The fourth-order valence-electron chi connectivity index (χ4n) is 6.52. The van der Waals surface area contributed by atoms with Gasteiger partial charge in [-0.25, -0.2) is 21.6 Å². The molecule has 284 valence electrons. The maximum Gasteiger partial charge on any atom is 0.430 e. The van der Waals surface area contributed by atoms with Crippen LogP contribution in [0.1, 0.15) is 36.0 Å². The van der Waals surface area contributed by atoms with E-state index in [1.165, 1.54) is 16.8 Å². The standard InChI is InChI=1S/C33H29F9N2O5S.CH5N/c34-24-8-10-25(11-9-24)50(47,48)30(14-17-44(19-30)29(46)21-12-15-43(20-45)16-13-21)22-4-6-23(7-5-22)31(32(37,38)39,33(40,41)42)49-18-26-27(35)2-1-3-28(26)36;1-2/h1-11,20-21H,12-19H2;2H2,1H3/t30-;/m0./s1. The molecule has 2 heterocycles. The van der Waals surface area contributed by atoms with Gasteiger partial charge in [0.05, 0.1) is 11.5 Å². The van der Waals surface area contributed by atoms with Crippen molar-refractivity contribution in [2.45, 2.75) is 53.5 Å². The van der Waals surface area contributed by atoms with E-state index in [4.69, 9.17) is 0 Å². The van der Waals surface area contributed by atoms with Crippen molar-refractivity contribution in [3.05, 3.63) is 101 Å². The summed E-state index contributed by atoms with van der Waals surface area (Å²) in [6.45, 7) is -1.90. The maximum absolute atomic E-state index is 14.5. The number of amides is 2. The number of ether oxygens (including phenoxy) is 1. The van der Waals surface area contributed by atoms with Crippen LogP contribution in [0.3, 0.4) is 0 Å². The highest BCUT2D eigenvalue weighted by atomic mass is 32.2. The Kier molecular flexibility index (Phi) is 12.1. The Balaban J connectivity index is 0.00000297. The van der Waals surface area contributed by atoms with Gasteiger partial charge in [-0.2, -0.15) is 26.3 Å². The number of hydrogen-bond donors (Lipinski definition) is 1. The van der Waals surface area contributed by atoms with Crippen molar-refractivity contribution in [2.75, 3.05) is 33.2 Å². The number of nitrogens with zero attached hydrogens (tertiary/aromatic N) is 2. The van der Waals surface area contributed by atoms with E-state index in [0.29, 0.717) is 30.7 Å². The molecule has 0 bridgehead atoms. The molecule has 0 aliphatic carbocycles. The highest BCUT2D eigenvalue weighted by Gasteiger charge is 2.73. The van der Waals surface area contributed by atoms with Gasteiger partial charge in [-0.05, 0) is 68.3 Å². The molecule has 1 atom stereocenters. The van der Waals surface area contributed by atoms with Gasteiger partial charge in [0.2, 0.25) is 12.3 Å². The molecule has 3 aromatic carbocycles. The van der Waals surface area contributed by atoms with E-state index in [2.05, 4.69) is 10.5 Å². The monoisotopic (exact) mass is 767 g/mol. The lowest BCUT2D eigenvalue weighted by atomic mass is 9.88. The van der Waals surface area contributed by atoms with Crippen LogP contribution in [-0.4, -0.2) is 76.1 Å². The summed E-state index contributed by atoms with van der Waals surface area (Å²) in [5.41, 5.74) is -3.61. The molecule has 3 aromatic rings. The molecule has 0 spiro atoms. The van der Waals surface area contributed by atoms with Crippen LogP contribution in [0.5, 0.6) is 0 Å². The van der Waals surface area contributed by atoms with Crippen molar-refractivity contribution < 1.29 is 62.3 Å². The number of nitrogens with two attached hydrogens (primary N) is 1. The van der Waals surface area contributed by atoms with Crippen LogP contribution in [0.4, 0.5) is 39.5 Å². The Bertz CT molecular complexity index is 1800. The summed E-state index contributed by atoms with van der Waals surface area (Å²) in [5, 5.41) is 0. The zero-order valence-corrected chi connectivity index (χ0v) is 28.3. The molecule has 52 heavy (non-hydrogen) atoms. The van der Waals surface area contributed by atoms with Gasteiger partial charge in [0.25, 0.3) is 5.60 Å². The molecule has 0 unspecified atom stereocenters. The molecule has 2 saturated heterocycles. The predicted molar refractivity (Wildman–Crippen MR) is 168 cm³/mol.